The number of hydrogen-bond acceptors (Lipinski definition) is 2. The first kappa shape index (κ1) is 10.5. The third-order valence-corrected chi connectivity index (χ3v) is 3.83. The second-order valence-electron chi connectivity index (χ2n) is 2.64. The largest absolute Gasteiger partial charge is 0.244 e. The van der Waals surface area contributed by atoms with E-state index in [4.69, 9.17) is 11.6 Å². The minimum Gasteiger partial charge on any atom is -0.207 e. The van der Waals surface area contributed by atoms with Crippen molar-refractivity contribution < 1.29 is 8.42 Å². The maximum absolute atomic E-state index is 11.6. The summed E-state index contributed by atoms with van der Waals surface area (Å²) in [6.07, 6.45) is 0. The molecule has 0 fully saturated rings. The number of hydrogen-bond donors (Lipinski definition) is 0. The maximum atomic E-state index is 11.6. The van der Waals surface area contributed by atoms with E-state index < -0.39 is 10.0 Å². The molecule has 0 aliphatic carbocycles. The Morgan fingerprint density at radius 1 is 1.46 bits per heavy atom. The van der Waals surface area contributed by atoms with E-state index in [1.54, 1.807) is 0 Å². The lowest BCUT2D eigenvalue weighted by Crippen LogP contribution is -2.22. The van der Waals surface area contributed by atoms with Crippen molar-refractivity contribution in [3.63, 3.8) is 0 Å². The number of nitrogens with zero attached hydrogens (tertiary/aromatic N) is 1. The number of sulfonamides is 1. The van der Waals surface area contributed by atoms with Crippen molar-refractivity contribution >= 4 is 21.6 Å². The summed E-state index contributed by atoms with van der Waals surface area (Å²) in [5.74, 6) is 0. The molecule has 5 heteroatoms. The van der Waals surface area contributed by atoms with Gasteiger partial charge in [0.25, 0.3) is 0 Å². The van der Waals surface area contributed by atoms with Crippen molar-refractivity contribution in [2.45, 2.75) is 4.90 Å². The van der Waals surface area contributed by atoms with E-state index in [0.29, 0.717) is 0 Å². The van der Waals surface area contributed by atoms with E-state index >= 15 is 0 Å². The number of rotatable bonds is 2. The Labute approximate surface area is 83.0 Å². The van der Waals surface area contributed by atoms with Gasteiger partial charge in [-0.3, -0.25) is 0 Å². The summed E-state index contributed by atoms with van der Waals surface area (Å²) in [6, 6.07) is 7.07. The fraction of sp³-hybridized carbons (Fsp3) is 0.250. The first-order valence-electron chi connectivity index (χ1n) is 3.54. The normalized spacial score (nSPS) is 12.0. The highest BCUT2D eigenvalue weighted by molar-refractivity contribution is 7.89. The SMILES string of the molecule is CN(C)S(=O)(=O)c1cc[c]cc1Cl. The summed E-state index contributed by atoms with van der Waals surface area (Å²) in [4.78, 5) is 0.109. The second-order valence-corrected chi connectivity index (χ2v) is 5.17. The smallest absolute Gasteiger partial charge is 0.207 e. The standard InChI is InChI=1S/C8H9ClNO2S/c1-10(2)13(11,12)8-6-4-3-5-7(8)9/h4-6H,1-2H3. The van der Waals surface area contributed by atoms with Crippen LogP contribution in [-0.4, -0.2) is 26.8 Å². The summed E-state index contributed by atoms with van der Waals surface area (Å²) in [7, 11) is -0.505. The van der Waals surface area contributed by atoms with Gasteiger partial charge in [0.05, 0.1) is 5.02 Å². The van der Waals surface area contributed by atoms with Crippen LogP contribution in [0.5, 0.6) is 0 Å². The third kappa shape index (κ3) is 2.02. The topological polar surface area (TPSA) is 37.4 Å². The average molecular weight is 219 g/mol. The molecule has 3 nitrogen and oxygen atoms in total. The Balaban J connectivity index is 3.32. The van der Waals surface area contributed by atoms with E-state index in [0.717, 1.165) is 4.31 Å². The zero-order valence-electron chi connectivity index (χ0n) is 7.28. The van der Waals surface area contributed by atoms with Crippen LogP contribution in [-0.2, 0) is 10.0 Å². The minimum absolute atomic E-state index is 0.109. The van der Waals surface area contributed by atoms with Gasteiger partial charge in [-0.2, -0.15) is 0 Å². The Kier molecular flexibility index (Phi) is 2.95. The molecule has 0 unspecified atom stereocenters. The maximum Gasteiger partial charge on any atom is 0.244 e. The predicted molar refractivity (Wildman–Crippen MR) is 51.2 cm³/mol. The molecule has 0 saturated carbocycles. The second kappa shape index (κ2) is 3.65. The van der Waals surface area contributed by atoms with Gasteiger partial charge < -0.3 is 0 Å². The molecule has 0 bridgehead atoms. The van der Waals surface area contributed by atoms with E-state index in [2.05, 4.69) is 6.07 Å². The zero-order valence-corrected chi connectivity index (χ0v) is 8.85. The quantitative estimate of drug-likeness (QED) is 0.753. The lowest BCUT2D eigenvalue weighted by molar-refractivity contribution is 0.521. The van der Waals surface area contributed by atoms with Gasteiger partial charge in [-0.1, -0.05) is 17.7 Å². The van der Waals surface area contributed by atoms with Gasteiger partial charge in [0.2, 0.25) is 10.0 Å². The summed E-state index contributed by atoms with van der Waals surface area (Å²) >= 11 is 5.72. The first-order chi connectivity index (χ1) is 5.96. The molecule has 0 N–H and O–H groups in total. The van der Waals surface area contributed by atoms with E-state index in [-0.39, 0.29) is 9.92 Å². The van der Waals surface area contributed by atoms with Gasteiger partial charge >= 0.3 is 0 Å². The zero-order chi connectivity index (χ0) is 10.1. The Hall–Kier alpha value is -0.580. The molecule has 0 heterocycles. The van der Waals surface area contributed by atoms with Crippen LogP contribution in [0, 0.1) is 6.07 Å². The van der Waals surface area contributed by atoms with Crippen LogP contribution in [0.4, 0.5) is 0 Å². The van der Waals surface area contributed by atoms with Crippen LogP contribution in [0.25, 0.3) is 0 Å². The van der Waals surface area contributed by atoms with Crippen molar-refractivity contribution in [2.75, 3.05) is 14.1 Å². The molecular formula is C8H9ClNO2S. The van der Waals surface area contributed by atoms with Gasteiger partial charge in [0.1, 0.15) is 4.90 Å². The number of benzene rings is 1. The Morgan fingerprint density at radius 3 is 2.54 bits per heavy atom. The molecule has 0 saturated heterocycles. The predicted octanol–water partition coefficient (Wildman–Crippen LogP) is 1.39. The van der Waals surface area contributed by atoms with Crippen molar-refractivity contribution in [3.8, 4) is 0 Å². The summed E-state index contributed by atoms with van der Waals surface area (Å²) in [5, 5.41) is 0.191. The molecule has 1 radical (unpaired) electrons. The first-order valence-corrected chi connectivity index (χ1v) is 5.36. The third-order valence-electron chi connectivity index (χ3n) is 1.54. The monoisotopic (exact) mass is 218 g/mol. The molecule has 0 atom stereocenters. The highest BCUT2D eigenvalue weighted by Gasteiger charge is 2.19. The molecule has 0 spiro atoms. The van der Waals surface area contributed by atoms with Crippen LogP contribution in [0.1, 0.15) is 0 Å². The molecule has 13 heavy (non-hydrogen) atoms. The molecule has 0 aromatic heterocycles. The van der Waals surface area contributed by atoms with Crippen LogP contribution < -0.4 is 0 Å². The van der Waals surface area contributed by atoms with Gasteiger partial charge in [-0.25, -0.2) is 12.7 Å². The van der Waals surface area contributed by atoms with Crippen molar-refractivity contribution in [1.82, 2.24) is 4.31 Å². The van der Waals surface area contributed by atoms with Gasteiger partial charge in [-0.15, -0.1) is 0 Å². The molecule has 1 aromatic carbocycles. The molecular weight excluding hydrogens is 210 g/mol. The van der Waals surface area contributed by atoms with Gasteiger partial charge in [0.15, 0.2) is 0 Å². The highest BCUT2D eigenvalue weighted by atomic mass is 35.5. The van der Waals surface area contributed by atoms with Crippen LogP contribution in [0.3, 0.4) is 0 Å². The van der Waals surface area contributed by atoms with Gasteiger partial charge in [-0.05, 0) is 18.2 Å². The average Bonchev–Trinajstić information content (AvgIpc) is 2.04. The fourth-order valence-corrected chi connectivity index (χ4v) is 2.16. The lowest BCUT2D eigenvalue weighted by atomic mass is 10.4. The highest BCUT2D eigenvalue weighted by Crippen LogP contribution is 2.22. The summed E-state index contributed by atoms with van der Waals surface area (Å²) in [5.41, 5.74) is 0. The van der Waals surface area contributed by atoms with Crippen LogP contribution >= 0.6 is 11.6 Å². The minimum atomic E-state index is -3.43. The fourth-order valence-electron chi connectivity index (χ4n) is 0.802. The lowest BCUT2D eigenvalue weighted by Gasteiger charge is -2.11. The van der Waals surface area contributed by atoms with Crippen LogP contribution in [0.15, 0.2) is 23.1 Å². The Bertz CT molecular complexity index is 400. The molecule has 71 valence electrons. The molecule has 1 aromatic rings. The molecule has 0 amide bonds. The van der Waals surface area contributed by atoms with Crippen LogP contribution in [0.2, 0.25) is 5.02 Å². The summed E-state index contributed by atoms with van der Waals surface area (Å²) < 4.78 is 24.3. The van der Waals surface area contributed by atoms with Crippen molar-refractivity contribution in [2.24, 2.45) is 0 Å². The number of halogens is 1. The molecule has 0 aliphatic heterocycles. The summed E-state index contributed by atoms with van der Waals surface area (Å²) in [6.45, 7) is 0. The van der Waals surface area contributed by atoms with Gasteiger partial charge in [0, 0.05) is 14.1 Å². The van der Waals surface area contributed by atoms with E-state index in [1.807, 2.05) is 0 Å². The Morgan fingerprint density at radius 2 is 2.08 bits per heavy atom. The molecule has 1 rings (SSSR count). The van der Waals surface area contributed by atoms with E-state index in [9.17, 15) is 8.42 Å². The van der Waals surface area contributed by atoms with E-state index in [1.165, 1.54) is 32.3 Å². The van der Waals surface area contributed by atoms with Crippen molar-refractivity contribution in [3.05, 3.63) is 29.3 Å². The molecule has 0 aliphatic rings. The van der Waals surface area contributed by atoms with Crippen molar-refractivity contribution in [1.29, 1.82) is 0 Å².